The third-order valence-corrected chi connectivity index (χ3v) is 3.67. The van der Waals surface area contributed by atoms with Gasteiger partial charge in [-0.05, 0) is 5.56 Å². The molecule has 128 valence electrons. The number of benzene rings is 2. The molecule has 3 rings (SSSR count). The molecule has 1 atom stereocenters. The molecule has 0 radical (unpaired) electrons. The fourth-order valence-corrected chi connectivity index (χ4v) is 2.53. The van der Waals surface area contributed by atoms with Crippen LogP contribution in [0.5, 0.6) is 0 Å². The molecule has 2 aromatic carbocycles. The van der Waals surface area contributed by atoms with Crippen molar-refractivity contribution in [3.63, 3.8) is 0 Å². The van der Waals surface area contributed by atoms with Crippen LogP contribution in [0, 0.1) is 0 Å². The Hall–Kier alpha value is -1.89. The molecule has 1 unspecified atom stereocenters. The Morgan fingerprint density at radius 3 is 1.96 bits per heavy atom. The molecule has 6 heteroatoms. The highest BCUT2D eigenvalue weighted by Crippen LogP contribution is 2.37. The van der Waals surface area contributed by atoms with E-state index in [1.165, 1.54) is 12.1 Å². The first-order valence-corrected chi connectivity index (χ1v) is 7.59. The first-order valence-electron chi connectivity index (χ1n) is 7.59. The molecular weight excluding hydrogens is 321 g/mol. The zero-order chi connectivity index (χ0) is 17.0. The van der Waals surface area contributed by atoms with Crippen molar-refractivity contribution in [3.05, 3.63) is 71.8 Å². The van der Waals surface area contributed by atoms with Gasteiger partial charge in [0.15, 0.2) is 12.4 Å². The zero-order valence-electron chi connectivity index (χ0n) is 12.8. The Balaban J connectivity index is 1.63. The van der Waals surface area contributed by atoms with Crippen molar-refractivity contribution in [2.24, 2.45) is 0 Å². The summed E-state index contributed by atoms with van der Waals surface area (Å²) in [5, 5.41) is 0. The van der Waals surface area contributed by atoms with E-state index in [9.17, 15) is 13.2 Å². The van der Waals surface area contributed by atoms with Crippen molar-refractivity contribution < 1.29 is 27.4 Å². The molecule has 0 aliphatic carbocycles. The van der Waals surface area contributed by atoms with Crippen LogP contribution in [-0.4, -0.2) is 25.5 Å². The Bertz CT molecular complexity index is 623. The van der Waals surface area contributed by atoms with Crippen molar-refractivity contribution >= 4 is 0 Å². The Labute approximate surface area is 138 Å². The minimum absolute atomic E-state index is 0.0406. The van der Waals surface area contributed by atoms with Crippen molar-refractivity contribution in [1.29, 1.82) is 0 Å². The van der Waals surface area contributed by atoms with E-state index in [-0.39, 0.29) is 18.8 Å². The molecule has 1 saturated heterocycles. The van der Waals surface area contributed by atoms with Crippen molar-refractivity contribution in [3.8, 4) is 0 Å². The van der Waals surface area contributed by atoms with E-state index in [0.29, 0.717) is 0 Å². The average Bonchev–Trinajstić information content (AvgIpc) is 2.61. The van der Waals surface area contributed by atoms with E-state index in [1.54, 1.807) is 18.2 Å². The maximum Gasteiger partial charge on any atom is 0.418 e. The number of ether oxygens (including phenoxy) is 3. The van der Waals surface area contributed by atoms with E-state index < -0.39 is 24.7 Å². The van der Waals surface area contributed by atoms with Crippen LogP contribution in [0.1, 0.15) is 23.5 Å². The van der Waals surface area contributed by atoms with Crippen molar-refractivity contribution in [2.45, 2.75) is 24.7 Å². The minimum atomic E-state index is -4.50. The SMILES string of the molecule is FC(F)(F)C(OC1COC(c2ccccc2)OC1)c1ccccc1. The molecule has 3 nitrogen and oxygen atoms in total. The number of rotatable bonds is 4. The lowest BCUT2D eigenvalue weighted by Gasteiger charge is -2.32. The summed E-state index contributed by atoms with van der Waals surface area (Å²) < 4.78 is 56.2. The van der Waals surface area contributed by atoms with Gasteiger partial charge in [-0.1, -0.05) is 60.7 Å². The van der Waals surface area contributed by atoms with Crippen LogP contribution in [0.25, 0.3) is 0 Å². The summed E-state index contributed by atoms with van der Waals surface area (Å²) in [5.74, 6) is 0. The summed E-state index contributed by atoms with van der Waals surface area (Å²) in [6.45, 7) is 0.0813. The average molecular weight is 338 g/mol. The lowest BCUT2D eigenvalue weighted by molar-refractivity contribution is -0.282. The highest BCUT2D eigenvalue weighted by Gasteiger charge is 2.44. The van der Waals surface area contributed by atoms with Crippen LogP contribution in [0.4, 0.5) is 13.2 Å². The van der Waals surface area contributed by atoms with Gasteiger partial charge in [-0.15, -0.1) is 0 Å². The predicted molar refractivity (Wildman–Crippen MR) is 81.2 cm³/mol. The standard InChI is InChI=1S/C18H17F3O3/c19-18(20,21)16(13-7-3-1-4-8-13)24-15-11-22-17(23-12-15)14-9-5-2-6-10-14/h1-10,15-17H,11-12H2. The molecule has 0 saturated carbocycles. The Morgan fingerprint density at radius 1 is 0.875 bits per heavy atom. The second-order valence-corrected chi connectivity index (χ2v) is 5.50. The van der Waals surface area contributed by atoms with Gasteiger partial charge in [-0.2, -0.15) is 13.2 Å². The van der Waals surface area contributed by atoms with Gasteiger partial charge in [-0.25, -0.2) is 0 Å². The molecule has 0 spiro atoms. The number of alkyl halides is 3. The molecule has 1 aliphatic rings. The quantitative estimate of drug-likeness (QED) is 0.826. The summed E-state index contributed by atoms with van der Waals surface area (Å²) in [6.07, 6.45) is -7.86. The molecule has 24 heavy (non-hydrogen) atoms. The van der Waals surface area contributed by atoms with E-state index in [1.807, 2.05) is 30.3 Å². The van der Waals surface area contributed by atoms with E-state index >= 15 is 0 Å². The van der Waals surface area contributed by atoms with Gasteiger partial charge in [0.05, 0.1) is 13.2 Å². The summed E-state index contributed by atoms with van der Waals surface area (Å²) in [5.41, 5.74) is 0.890. The van der Waals surface area contributed by atoms with Crippen molar-refractivity contribution in [2.75, 3.05) is 13.2 Å². The number of hydrogen-bond acceptors (Lipinski definition) is 3. The normalized spacial score (nSPS) is 23.0. The monoisotopic (exact) mass is 338 g/mol. The van der Waals surface area contributed by atoms with Gasteiger partial charge >= 0.3 is 6.18 Å². The van der Waals surface area contributed by atoms with Gasteiger partial charge in [-0.3, -0.25) is 0 Å². The topological polar surface area (TPSA) is 27.7 Å². The van der Waals surface area contributed by atoms with Crippen LogP contribution in [0.2, 0.25) is 0 Å². The molecule has 0 N–H and O–H groups in total. The minimum Gasteiger partial charge on any atom is -0.356 e. The first kappa shape index (κ1) is 17.0. The summed E-state index contributed by atoms with van der Waals surface area (Å²) in [4.78, 5) is 0. The van der Waals surface area contributed by atoms with Crippen LogP contribution in [-0.2, 0) is 14.2 Å². The van der Waals surface area contributed by atoms with Gasteiger partial charge in [0.1, 0.15) is 6.10 Å². The lowest BCUT2D eigenvalue weighted by atomic mass is 10.1. The van der Waals surface area contributed by atoms with Crippen LogP contribution < -0.4 is 0 Å². The Kier molecular flexibility index (Phi) is 5.18. The van der Waals surface area contributed by atoms with Gasteiger partial charge in [0.2, 0.25) is 0 Å². The third kappa shape index (κ3) is 4.14. The molecule has 0 amide bonds. The van der Waals surface area contributed by atoms with E-state index in [0.717, 1.165) is 5.56 Å². The number of halogens is 3. The second-order valence-electron chi connectivity index (χ2n) is 5.50. The molecule has 0 bridgehead atoms. The number of hydrogen-bond donors (Lipinski definition) is 0. The maximum absolute atomic E-state index is 13.3. The Morgan fingerprint density at radius 2 is 1.42 bits per heavy atom. The highest BCUT2D eigenvalue weighted by molar-refractivity contribution is 5.19. The molecular formula is C18H17F3O3. The maximum atomic E-state index is 13.3. The highest BCUT2D eigenvalue weighted by atomic mass is 19.4. The summed E-state index contributed by atoms with van der Waals surface area (Å²) in [7, 11) is 0. The van der Waals surface area contributed by atoms with Crippen LogP contribution in [0.3, 0.4) is 0 Å². The van der Waals surface area contributed by atoms with Crippen LogP contribution in [0.15, 0.2) is 60.7 Å². The second kappa shape index (κ2) is 7.34. The van der Waals surface area contributed by atoms with Gasteiger partial charge in [0, 0.05) is 5.56 Å². The largest absolute Gasteiger partial charge is 0.418 e. The zero-order valence-corrected chi connectivity index (χ0v) is 12.8. The summed E-state index contributed by atoms with van der Waals surface area (Å²) >= 11 is 0. The molecule has 2 aromatic rings. The molecule has 0 aromatic heterocycles. The summed E-state index contributed by atoms with van der Waals surface area (Å²) in [6, 6.07) is 16.8. The van der Waals surface area contributed by atoms with Gasteiger partial charge < -0.3 is 14.2 Å². The first-order chi connectivity index (χ1) is 11.5. The van der Waals surface area contributed by atoms with E-state index in [2.05, 4.69) is 0 Å². The fraction of sp³-hybridized carbons (Fsp3) is 0.333. The van der Waals surface area contributed by atoms with Crippen molar-refractivity contribution in [1.82, 2.24) is 0 Å². The third-order valence-electron chi connectivity index (χ3n) is 3.67. The fourth-order valence-electron chi connectivity index (χ4n) is 2.53. The van der Waals surface area contributed by atoms with Crippen LogP contribution >= 0.6 is 0 Å². The molecule has 1 heterocycles. The lowest BCUT2D eigenvalue weighted by Crippen LogP contribution is -2.37. The smallest absolute Gasteiger partial charge is 0.356 e. The van der Waals surface area contributed by atoms with E-state index in [4.69, 9.17) is 14.2 Å². The molecule has 1 aliphatic heterocycles. The molecule has 1 fully saturated rings. The predicted octanol–water partition coefficient (Wildman–Crippen LogP) is 4.42. The van der Waals surface area contributed by atoms with Gasteiger partial charge in [0.25, 0.3) is 0 Å².